The Balaban J connectivity index is 5.08. The van der Waals surface area contributed by atoms with Gasteiger partial charge in [-0.05, 0) is 25.7 Å². The van der Waals surface area contributed by atoms with Crippen molar-refractivity contribution in [2.24, 2.45) is 0 Å². The highest BCUT2D eigenvalue weighted by Crippen LogP contribution is 2.17. The number of rotatable bonds is 6. The van der Waals surface area contributed by atoms with Crippen LogP contribution in [-0.2, 0) is 0 Å². The molecule has 0 aliphatic carbocycles. The summed E-state index contributed by atoms with van der Waals surface area (Å²) in [6, 6.07) is 0. The van der Waals surface area contributed by atoms with Crippen molar-refractivity contribution >= 4 is 0 Å². The standard InChI is InChI=1S/C18H28/c1-5-9-13-17(14-10-6-2)18(15-11-7-3)16-12-8-4/h5-9,11,13,15H2,1-4H3/b18-17+. The Morgan fingerprint density at radius 1 is 0.667 bits per heavy atom. The van der Waals surface area contributed by atoms with Crippen molar-refractivity contribution in [3.05, 3.63) is 11.1 Å². The summed E-state index contributed by atoms with van der Waals surface area (Å²) < 4.78 is 0. The fourth-order valence-corrected chi connectivity index (χ4v) is 1.67. The summed E-state index contributed by atoms with van der Waals surface area (Å²) in [5.74, 6) is 13.1. The Kier molecular flexibility index (Phi) is 11.5. The third-order valence-electron chi connectivity index (χ3n) is 2.76. The van der Waals surface area contributed by atoms with E-state index in [4.69, 9.17) is 0 Å². The first-order chi connectivity index (χ1) is 8.79. The summed E-state index contributed by atoms with van der Waals surface area (Å²) in [7, 11) is 0. The molecule has 0 aliphatic heterocycles. The van der Waals surface area contributed by atoms with Crippen molar-refractivity contribution in [1.82, 2.24) is 0 Å². The first-order valence-electron chi connectivity index (χ1n) is 7.49. The van der Waals surface area contributed by atoms with Crippen LogP contribution in [0, 0.1) is 23.7 Å². The number of unbranched alkanes of at least 4 members (excludes halogenated alkanes) is 2. The SMILES string of the molecule is CCC#C/C(CCCC)=C(/C#CCC)CCCC. The van der Waals surface area contributed by atoms with Crippen LogP contribution >= 0.6 is 0 Å². The molecule has 0 spiro atoms. The van der Waals surface area contributed by atoms with E-state index in [9.17, 15) is 0 Å². The van der Waals surface area contributed by atoms with Crippen LogP contribution in [0.25, 0.3) is 0 Å². The van der Waals surface area contributed by atoms with Crippen LogP contribution < -0.4 is 0 Å². The molecule has 0 fully saturated rings. The smallest absolute Gasteiger partial charge is 0.0136 e. The van der Waals surface area contributed by atoms with Crippen molar-refractivity contribution in [2.45, 2.75) is 79.1 Å². The Hall–Kier alpha value is -1.14. The Labute approximate surface area is 114 Å². The van der Waals surface area contributed by atoms with Gasteiger partial charge < -0.3 is 0 Å². The van der Waals surface area contributed by atoms with Crippen molar-refractivity contribution in [3.8, 4) is 23.7 Å². The average molecular weight is 244 g/mol. The van der Waals surface area contributed by atoms with E-state index in [2.05, 4.69) is 51.4 Å². The molecule has 0 amide bonds. The monoisotopic (exact) mass is 244 g/mol. The minimum absolute atomic E-state index is 0.928. The molecule has 0 saturated carbocycles. The van der Waals surface area contributed by atoms with E-state index in [0.29, 0.717) is 0 Å². The molecule has 0 aromatic heterocycles. The van der Waals surface area contributed by atoms with Crippen molar-refractivity contribution in [1.29, 1.82) is 0 Å². The van der Waals surface area contributed by atoms with Gasteiger partial charge in [0.15, 0.2) is 0 Å². The maximum Gasteiger partial charge on any atom is 0.0136 e. The van der Waals surface area contributed by atoms with E-state index in [1.165, 1.54) is 36.8 Å². The first kappa shape index (κ1) is 16.9. The Morgan fingerprint density at radius 2 is 1.06 bits per heavy atom. The maximum absolute atomic E-state index is 3.35. The van der Waals surface area contributed by atoms with Gasteiger partial charge in [0, 0.05) is 24.0 Å². The molecule has 0 heterocycles. The van der Waals surface area contributed by atoms with E-state index in [1.807, 2.05) is 0 Å². The predicted molar refractivity (Wildman–Crippen MR) is 82.2 cm³/mol. The topological polar surface area (TPSA) is 0 Å². The molecule has 100 valence electrons. The highest BCUT2D eigenvalue weighted by Gasteiger charge is 2.02. The summed E-state index contributed by atoms with van der Waals surface area (Å²) in [5.41, 5.74) is 2.60. The van der Waals surface area contributed by atoms with Crippen LogP contribution in [0.15, 0.2) is 11.1 Å². The zero-order valence-electron chi connectivity index (χ0n) is 12.7. The molecular formula is C18H28. The minimum Gasteiger partial charge on any atom is -0.0985 e. The number of hydrogen-bond acceptors (Lipinski definition) is 0. The van der Waals surface area contributed by atoms with Gasteiger partial charge in [-0.1, -0.05) is 64.2 Å². The second-order valence-corrected chi connectivity index (χ2v) is 4.47. The molecule has 0 aromatic rings. The summed E-state index contributed by atoms with van der Waals surface area (Å²) in [6.45, 7) is 8.67. The highest BCUT2D eigenvalue weighted by molar-refractivity contribution is 5.43. The van der Waals surface area contributed by atoms with Crippen LogP contribution in [0.1, 0.15) is 79.1 Å². The average Bonchev–Trinajstić information content (AvgIpc) is 2.40. The number of hydrogen-bond donors (Lipinski definition) is 0. The van der Waals surface area contributed by atoms with Gasteiger partial charge in [0.2, 0.25) is 0 Å². The lowest BCUT2D eigenvalue weighted by molar-refractivity contribution is 0.769. The fourth-order valence-electron chi connectivity index (χ4n) is 1.67. The molecule has 0 rings (SSSR count). The molecule has 0 aliphatic rings. The Bertz CT molecular complexity index is 313. The third-order valence-corrected chi connectivity index (χ3v) is 2.76. The second kappa shape index (κ2) is 12.3. The largest absolute Gasteiger partial charge is 0.0985 e. The van der Waals surface area contributed by atoms with E-state index >= 15 is 0 Å². The van der Waals surface area contributed by atoms with E-state index in [0.717, 1.165) is 25.7 Å². The first-order valence-corrected chi connectivity index (χ1v) is 7.49. The van der Waals surface area contributed by atoms with Crippen molar-refractivity contribution in [2.75, 3.05) is 0 Å². The van der Waals surface area contributed by atoms with E-state index in [1.54, 1.807) is 0 Å². The van der Waals surface area contributed by atoms with Gasteiger partial charge in [0.1, 0.15) is 0 Å². The zero-order chi connectivity index (χ0) is 13.6. The molecule has 0 bridgehead atoms. The van der Waals surface area contributed by atoms with Gasteiger partial charge in [-0.3, -0.25) is 0 Å². The van der Waals surface area contributed by atoms with Gasteiger partial charge >= 0.3 is 0 Å². The van der Waals surface area contributed by atoms with Crippen LogP contribution in [0.3, 0.4) is 0 Å². The lowest BCUT2D eigenvalue weighted by Gasteiger charge is -2.05. The molecular weight excluding hydrogens is 216 g/mol. The Morgan fingerprint density at radius 3 is 1.33 bits per heavy atom. The van der Waals surface area contributed by atoms with Gasteiger partial charge in [0.25, 0.3) is 0 Å². The normalized spacial score (nSPS) is 10.9. The maximum atomic E-state index is 3.35. The quantitative estimate of drug-likeness (QED) is 0.542. The van der Waals surface area contributed by atoms with Gasteiger partial charge in [-0.25, -0.2) is 0 Å². The molecule has 0 aromatic carbocycles. The summed E-state index contributed by atoms with van der Waals surface area (Å²) >= 11 is 0. The second-order valence-electron chi connectivity index (χ2n) is 4.47. The highest BCUT2D eigenvalue weighted by atomic mass is 14.1. The molecule has 0 saturated heterocycles. The summed E-state index contributed by atoms with van der Waals surface area (Å²) in [5, 5.41) is 0. The molecule has 0 N–H and O–H groups in total. The van der Waals surface area contributed by atoms with E-state index in [-0.39, 0.29) is 0 Å². The molecule has 0 radical (unpaired) electrons. The fraction of sp³-hybridized carbons (Fsp3) is 0.667. The molecule has 18 heavy (non-hydrogen) atoms. The van der Waals surface area contributed by atoms with Gasteiger partial charge in [-0.2, -0.15) is 0 Å². The van der Waals surface area contributed by atoms with Crippen molar-refractivity contribution in [3.63, 3.8) is 0 Å². The lowest BCUT2D eigenvalue weighted by Crippen LogP contribution is -1.90. The minimum atomic E-state index is 0.928. The van der Waals surface area contributed by atoms with E-state index < -0.39 is 0 Å². The van der Waals surface area contributed by atoms with Crippen LogP contribution in [-0.4, -0.2) is 0 Å². The summed E-state index contributed by atoms with van der Waals surface area (Å²) in [4.78, 5) is 0. The van der Waals surface area contributed by atoms with Gasteiger partial charge in [0.05, 0.1) is 0 Å². The van der Waals surface area contributed by atoms with Gasteiger partial charge in [-0.15, -0.1) is 0 Å². The number of allylic oxidation sites excluding steroid dienone is 2. The van der Waals surface area contributed by atoms with Crippen LogP contribution in [0.5, 0.6) is 0 Å². The molecule has 0 nitrogen and oxygen atoms in total. The molecule has 0 heteroatoms. The van der Waals surface area contributed by atoms with Crippen molar-refractivity contribution < 1.29 is 0 Å². The lowest BCUT2D eigenvalue weighted by atomic mass is 9.98. The van der Waals surface area contributed by atoms with Crippen LogP contribution in [0.4, 0.5) is 0 Å². The van der Waals surface area contributed by atoms with Crippen LogP contribution in [0.2, 0.25) is 0 Å². The predicted octanol–water partition coefficient (Wildman–Crippen LogP) is 5.49. The third kappa shape index (κ3) is 8.03. The zero-order valence-corrected chi connectivity index (χ0v) is 12.7. The molecule has 0 unspecified atom stereocenters. The summed E-state index contributed by atoms with van der Waals surface area (Å²) in [6.07, 6.45) is 8.94. The molecule has 0 atom stereocenters.